The zero-order valence-electron chi connectivity index (χ0n) is 8.24. The summed E-state index contributed by atoms with van der Waals surface area (Å²) >= 11 is 0. The van der Waals surface area contributed by atoms with Crippen molar-refractivity contribution in [1.82, 2.24) is 5.32 Å². The minimum absolute atomic E-state index is 0.128. The first-order chi connectivity index (χ1) is 7.01. The quantitative estimate of drug-likeness (QED) is 0.294. The molecule has 0 saturated carbocycles. The summed E-state index contributed by atoms with van der Waals surface area (Å²) in [5.74, 6) is 0. The number of aliphatic hydroxyl groups excluding tert-OH is 5. The zero-order valence-corrected chi connectivity index (χ0v) is 8.24. The lowest BCUT2D eigenvalue weighted by molar-refractivity contribution is -0.0746. The molecule has 0 aromatic carbocycles. The molecular weight excluding hydrogens is 202 g/mol. The van der Waals surface area contributed by atoms with Crippen LogP contribution in [-0.2, 0) is 0 Å². The molecule has 0 aromatic heterocycles. The van der Waals surface area contributed by atoms with Gasteiger partial charge in [0, 0.05) is 6.04 Å². The van der Waals surface area contributed by atoms with E-state index in [9.17, 15) is 20.4 Å². The molecule has 0 aromatic rings. The molecule has 2 saturated heterocycles. The maximum atomic E-state index is 9.84. The standard InChI is InChI=1S/C9H17NO5/c11-3-6(13)9-2-4(12)1-5(10-9)7(14)8(9)15/h4-8,10-15H,1-3H2/t4-,5+,6-,7+,8+,9+/m0/s1. The summed E-state index contributed by atoms with van der Waals surface area (Å²) < 4.78 is 0. The van der Waals surface area contributed by atoms with Crippen LogP contribution in [0.25, 0.3) is 0 Å². The molecule has 6 N–H and O–H groups in total. The Labute approximate surface area is 87.2 Å². The number of rotatable bonds is 2. The van der Waals surface area contributed by atoms with Gasteiger partial charge >= 0.3 is 0 Å². The highest BCUT2D eigenvalue weighted by Gasteiger charge is 2.59. The molecule has 6 heteroatoms. The molecule has 0 aliphatic carbocycles. The first-order valence-electron chi connectivity index (χ1n) is 5.12. The van der Waals surface area contributed by atoms with Crippen molar-refractivity contribution in [2.75, 3.05) is 6.61 Å². The fourth-order valence-corrected chi connectivity index (χ4v) is 2.78. The Morgan fingerprint density at radius 3 is 2.60 bits per heavy atom. The Balaban J connectivity index is 2.28. The Hall–Kier alpha value is -0.240. The number of fused-ring (bicyclic) bond motifs is 2. The van der Waals surface area contributed by atoms with Crippen molar-refractivity contribution in [2.24, 2.45) is 0 Å². The van der Waals surface area contributed by atoms with E-state index in [1.54, 1.807) is 0 Å². The predicted molar refractivity (Wildman–Crippen MR) is 50.0 cm³/mol. The van der Waals surface area contributed by atoms with Gasteiger partial charge in [0.1, 0.15) is 6.10 Å². The predicted octanol–water partition coefficient (Wildman–Crippen LogP) is -3.07. The van der Waals surface area contributed by atoms with Gasteiger partial charge in [-0.3, -0.25) is 0 Å². The molecule has 2 rings (SSSR count). The monoisotopic (exact) mass is 219 g/mol. The lowest BCUT2D eigenvalue weighted by Gasteiger charge is -2.41. The van der Waals surface area contributed by atoms with Gasteiger partial charge in [-0.2, -0.15) is 0 Å². The molecule has 15 heavy (non-hydrogen) atoms. The summed E-state index contributed by atoms with van der Waals surface area (Å²) in [5, 5.41) is 50.6. The number of piperidine rings is 1. The van der Waals surface area contributed by atoms with E-state index in [4.69, 9.17) is 5.11 Å². The molecule has 2 fully saturated rings. The molecule has 88 valence electrons. The van der Waals surface area contributed by atoms with Crippen molar-refractivity contribution in [2.45, 2.75) is 48.8 Å². The topological polar surface area (TPSA) is 113 Å². The minimum atomic E-state index is -1.19. The Kier molecular flexibility index (Phi) is 2.74. The van der Waals surface area contributed by atoms with Crippen molar-refractivity contribution in [3.63, 3.8) is 0 Å². The first-order valence-corrected chi connectivity index (χ1v) is 5.12. The van der Waals surface area contributed by atoms with E-state index in [1.807, 2.05) is 0 Å². The highest BCUT2D eigenvalue weighted by atomic mass is 16.4. The van der Waals surface area contributed by atoms with Gasteiger partial charge in [0.25, 0.3) is 0 Å². The maximum Gasteiger partial charge on any atom is 0.102 e. The van der Waals surface area contributed by atoms with Gasteiger partial charge < -0.3 is 30.8 Å². The number of aliphatic hydroxyl groups is 5. The second-order valence-electron chi connectivity index (χ2n) is 4.52. The Morgan fingerprint density at radius 2 is 2.00 bits per heavy atom. The van der Waals surface area contributed by atoms with E-state index >= 15 is 0 Å². The van der Waals surface area contributed by atoms with Gasteiger partial charge in [-0.15, -0.1) is 0 Å². The van der Waals surface area contributed by atoms with Gasteiger partial charge in [0.2, 0.25) is 0 Å². The lowest BCUT2D eigenvalue weighted by atomic mass is 9.82. The SMILES string of the molecule is OC[C@H](O)[C@@]12C[C@@H](O)C[C@@H](N1)[C@@H](O)[C@H]2O. The maximum absolute atomic E-state index is 9.84. The highest BCUT2D eigenvalue weighted by molar-refractivity contribution is 5.16. The third-order valence-electron chi connectivity index (χ3n) is 3.58. The van der Waals surface area contributed by atoms with Crippen LogP contribution in [0.3, 0.4) is 0 Å². The smallest absolute Gasteiger partial charge is 0.102 e. The van der Waals surface area contributed by atoms with Crippen LogP contribution in [0.1, 0.15) is 12.8 Å². The number of hydrogen-bond donors (Lipinski definition) is 6. The summed E-state index contributed by atoms with van der Waals surface area (Å²) in [5.41, 5.74) is -1.18. The molecule has 0 amide bonds. The molecular formula is C9H17NO5. The van der Waals surface area contributed by atoms with Crippen molar-refractivity contribution < 1.29 is 25.5 Å². The van der Waals surface area contributed by atoms with Crippen molar-refractivity contribution in [3.8, 4) is 0 Å². The fraction of sp³-hybridized carbons (Fsp3) is 1.00. The van der Waals surface area contributed by atoms with Crippen molar-refractivity contribution in [1.29, 1.82) is 0 Å². The Morgan fingerprint density at radius 1 is 1.33 bits per heavy atom. The van der Waals surface area contributed by atoms with Crippen LogP contribution < -0.4 is 5.32 Å². The van der Waals surface area contributed by atoms with Crippen LogP contribution in [0.4, 0.5) is 0 Å². The molecule has 6 atom stereocenters. The summed E-state index contributed by atoms with van der Waals surface area (Å²) in [6.45, 7) is -0.518. The molecule has 2 bridgehead atoms. The zero-order chi connectivity index (χ0) is 11.2. The average Bonchev–Trinajstić information content (AvgIpc) is 2.40. The summed E-state index contributed by atoms with van der Waals surface area (Å²) in [6, 6.07) is -0.426. The molecule has 2 heterocycles. The second-order valence-corrected chi connectivity index (χ2v) is 4.52. The van der Waals surface area contributed by atoms with E-state index in [0.29, 0.717) is 6.42 Å². The molecule has 6 nitrogen and oxygen atoms in total. The van der Waals surface area contributed by atoms with Crippen LogP contribution in [0.2, 0.25) is 0 Å². The van der Waals surface area contributed by atoms with E-state index in [1.165, 1.54) is 0 Å². The molecule has 0 radical (unpaired) electrons. The van der Waals surface area contributed by atoms with Crippen molar-refractivity contribution >= 4 is 0 Å². The third kappa shape index (κ3) is 1.49. The van der Waals surface area contributed by atoms with Crippen LogP contribution in [0, 0.1) is 0 Å². The van der Waals surface area contributed by atoms with E-state index < -0.39 is 42.6 Å². The fourth-order valence-electron chi connectivity index (χ4n) is 2.78. The third-order valence-corrected chi connectivity index (χ3v) is 3.58. The number of hydrogen-bond acceptors (Lipinski definition) is 6. The molecule has 0 spiro atoms. The van der Waals surface area contributed by atoms with Crippen LogP contribution in [0.5, 0.6) is 0 Å². The molecule has 0 unspecified atom stereocenters. The minimum Gasteiger partial charge on any atom is -0.394 e. The van der Waals surface area contributed by atoms with Gasteiger partial charge in [0.15, 0.2) is 0 Å². The normalized spacial score (nSPS) is 51.8. The summed E-state index contributed by atoms with van der Waals surface area (Å²) in [6.07, 6.45) is -3.57. The van der Waals surface area contributed by atoms with E-state index in [-0.39, 0.29) is 6.42 Å². The lowest BCUT2D eigenvalue weighted by Crippen LogP contribution is -2.63. The molecule has 2 aliphatic rings. The second kappa shape index (κ2) is 3.65. The number of nitrogens with one attached hydrogen (secondary N) is 1. The van der Waals surface area contributed by atoms with Gasteiger partial charge in [-0.05, 0) is 12.8 Å². The van der Waals surface area contributed by atoms with Crippen LogP contribution in [0.15, 0.2) is 0 Å². The van der Waals surface area contributed by atoms with E-state index in [2.05, 4.69) is 5.32 Å². The Bertz CT molecular complexity index is 247. The summed E-state index contributed by atoms with van der Waals surface area (Å²) in [7, 11) is 0. The average molecular weight is 219 g/mol. The van der Waals surface area contributed by atoms with Crippen molar-refractivity contribution in [3.05, 3.63) is 0 Å². The van der Waals surface area contributed by atoms with Crippen LogP contribution >= 0.6 is 0 Å². The summed E-state index contributed by atoms with van der Waals surface area (Å²) in [4.78, 5) is 0. The highest BCUT2D eigenvalue weighted by Crippen LogP contribution is 2.38. The van der Waals surface area contributed by atoms with E-state index in [0.717, 1.165) is 0 Å². The van der Waals surface area contributed by atoms with Gasteiger partial charge in [-0.1, -0.05) is 0 Å². The first kappa shape index (κ1) is 11.3. The van der Waals surface area contributed by atoms with Gasteiger partial charge in [-0.25, -0.2) is 0 Å². The van der Waals surface area contributed by atoms with Crippen LogP contribution in [-0.4, -0.2) is 68.1 Å². The largest absolute Gasteiger partial charge is 0.394 e. The van der Waals surface area contributed by atoms with Gasteiger partial charge in [0.05, 0.1) is 30.5 Å². The molecule has 2 aliphatic heterocycles.